The van der Waals surface area contributed by atoms with Crippen molar-refractivity contribution in [3.05, 3.63) is 114 Å². The molecule has 0 radical (unpaired) electrons. The van der Waals surface area contributed by atoms with E-state index in [1.807, 2.05) is 54.6 Å². The fourth-order valence-electron chi connectivity index (χ4n) is 7.92. The largest absolute Gasteiger partial charge is 0.482 e. The Labute approximate surface area is 312 Å². The predicted octanol–water partition coefficient (Wildman–Crippen LogP) is 5.10. The number of carbonyl (C=O) groups excluding carboxylic acids is 4. The van der Waals surface area contributed by atoms with Gasteiger partial charge in [0.15, 0.2) is 18.8 Å². The van der Waals surface area contributed by atoms with Gasteiger partial charge >= 0.3 is 0 Å². The Kier molecular flexibility index (Phi) is 9.16. The number of aliphatic hydroxyl groups excluding tert-OH is 1. The maximum Gasteiger partial charge on any atom is 0.269 e. The van der Waals surface area contributed by atoms with Gasteiger partial charge in [-0.05, 0) is 73.0 Å². The molecule has 1 saturated heterocycles. The third-order valence-corrected chi connectivity index (χ3v) is 10.7. The van der Waals surface area contributed by atoms with E-state index in [4.69, 9.17) is 9.47 Å². The third kappa shape index (κ3) is 5.97. The zero-order chi connectivity index (χ0) is 37.6. The highest BCUT2D eigenvalue weighted by molar-refractivity contribution is 6.09. The van der Waals surface area contributed by atoms with Crippen molar-refractivity contribution in [1.29, 1.82) is 0 Å². The SMILES string of the molecule is C[C@@H](/C=C/CC(=O)N1CCC[C@H]1CO)[C@]1(O)C(=O)N(Cc2ccc(N3C(=O)COc4ccccc43)cc2)c2ccc(N3C(=O)COc4ccccc43)cc21. The van der Waals surface area contributed by atoms with Gasteiger partial charge in [0.05, 0.1) is 36.3 Å². The fraction of sp³-hybridized carbons (Fsp3) is 0.286. The Bertz CT molecular complexity index is 2170. The van der Waals surface area contributed by atoms with Crippen molar-refractivity contribution >= 4 is 52.1 Å². The molecule has 54 heavy (non-hydrogen) atoms. The number of carbonyl (C=O) groups is 4. The number of anilines is 5. The van der Waals surface area contributed by atoms with E-state index < -0.39 is 17.4 Å². The van der Waals surface area contributed by atoms with Crippen LogP contribution in [0.5, 0.6) is 11.5 Å². The summed E-state index contributed by atoms with van der Waals surface area (Å²) >= 11 is 0. The molecule has 0 spiro atoms. The zero-order valence-corrected chi connectivity index (χ0v) is 29.8. The van der Waals surface area contributed by atoms with Crippen LogP contribution in [0.2, 0.25) is 0 Å². The molecular formula is C42H40N4O8. The average Bonchev–Trinajstić information content (AvgIpc) is 3.76. The number of amides is 4. The summed E-state index contributed by atoms with van der Waals surface area (Å²) in [5, 5.41) is 22.2. The summed E-state index contributed by atoms with van der Waals surface area (Å²) in [6, 6.07) is 26.8. The van der Waals surface area contributed by atoms with Crippen molar-refractivity contribution in [1.82, 2.24) is 4.90 Å². The van der Waals surface area contributed by atoms with Crippen molar-refractivity contribution in [3.63, 3.8) is 0 Å². The molecule has 0 aliphatic carbocycles. The van der Waals surface area contributed by atoms with Gasteiger partial charge in [-0.25, -0.2) is 0 Å². The van der Waals surface area contributed by atoms with Crippen LogP contribution >= 0.6 is 0 Å². The third-order valence-electron chi connectivity index (χ3n) is 10.7. The molecule has 0 bridgehead atoms. The number of ether oxygens (including phenoxy) is 2. The Morgan fingerprint density at radius 3 is 2.11 bits per heavy atom. The van der Waals surface area contributed by atoms with Crippen LogP contribution in [-0.4, -0.2) is 71.1 Å². The highest BCUT2D eigenvalue weighted by Gasteiger charge is 2.53. The molecule has 4 aromatic rings. The van der Waals surface area contributed by atoms with Crippen molar-refractivity contribution in [2.75, 3.05) is 41.1 Å². The highest BCUT2D eigenvalue weighted by atomic mass is 16.5. The number of benzene rings is 4. The lowest BCUT2D eigenvalue weighted by atomic mass is 9.82. The molecule has 2 N–H and O–H groups in total. The Morgan fingerprint density at radius 1 is 0.852 bits per heavy atom. The van der Waals surface area contributed by atoms with E-state index in [2.05, 4.69) is 0 Å². The first-order valence-corrected chi connectivity index (χ1v) is 18.1. The van der Waals surface area contributed by atoms with Crippen LogP contribution in [0.15, 0.2) is 103 Å². The molecule has 4 aromatic carbocycles. The summed E-state index contributed by atoms with van der Waals surface area (Å²) in [6.45, 7) is 2.10. The number of rotatable bonds is 9. The number of hydrogen-bond donors (Lipinski definition) is 2. The molecule has 0 saturated carbocycles. The van der Waals surface area contributed by atoms with Gasteiger partial charge < -0.3 is 29.5 Å². The van der Waals surface area contributed by atoms with Crippen molar-refractivity contribution < 1.29 is 38.9 Å². The Balaban J connectivity index is 1.11. The molecule has 4 aliphatic heterocycles. The molecular weight excluding hydrogens is 688 g/mol. The van der Waals surface area contributed by atoms with Gasteiger partial charge in [0.25, 0.3) is 17.7 Å². The zero-order valence-electron chi connectivity index (χ0n) is 29.8. The molecule has 0 aromatic heterocycles. The van der Waals surface area contributed by atoms with Gasteiger partial charge in [-0.1, -0.05) is 55.5 Å². The number of para-hydroxylation sites is 4. The van der Waals surface area contributed by atoms with E-state index in [1.165, 1.54) is 9.80 Å². The standard InChI is InChI=1S/C42H40N4O8/c1-27(8-6-14-38(48)43-21-7-9-31(43)24-47)42(52)32-22-30(46-35-11-3-5-13-37(35)54-26-40(46)50)19-20-33(32)44(41(42)51)23-28-15-17-29(18-16-28)45-34-10-2-4-12-36(34)53-25-39(45)49/h2-6,8,10-13,15-20,22,27,31,47,52H,7,9,14,21,23-26H2,1H3/b8-6+/t27-,31-,42+/m0/s1. The first-order valence-electron chi connectivity index (χ1n) is 18.1. The minimum absolute atomic E-state index is 0.0588. The predicted molar refractivity (Wildman–Crippen MR) is 201 cm³/mol. The lowest BCUT2D eigenvalue weighted by molar-refractivity contribution is -0.139. The minimum atomic E-state index is -2.04. The van der Waals surface area contributed by atoms with E-state index in [1.54, 1.807) is 65.3 Å². The Hall–Kier alpha value is -5.98. The lowest BCUT2D eigenvalue weighted by Crippen LogP contribution is -2.44. The first-order chi connectivity index (χ1) is 26.2. The molecule has 12 nitrogen and oxygen atoms in total. The normalized spacial score (nSPS) is 21.2. The van der Waals surface area contributed by atoms with E-state index in [0.717, 1.165) is 18.4 Å². The maximum absolute atomic E-state index is 14.5. The van der Waals surface area contributed by atoms with Gasteiger partial charge in [-0.3, -0.25) is 29.0 Å². The number of nitrogens with zero attached hydrogens (tertiary/aromatic N) is 4. The second-order valence-electron chi connectivity index (χ2n) is 14.0. The summed E-state index contributed by atoms with van der Waals surface area (Å²) in [7, 11) is 0. The smallest absolute Gasteiger partial charge is 0.269 e. The van der Waals surface area contributed by atoms with Crippen molar-refractivity contribution in [2.24, 2.45) is 5.92 Å². The number of hydrogen-bond acceptors (Lipinski definition) is 8. The van der Waals surface area contributed by atoms with Gasteiger partial charge in [-0.15, -0.1) is 0 Å². The lowest BCUT2D eigenvalue weighted by Gasteiger charge is -2.31. The van der Waals surface area contributed by atoms with Gasteiger partial charge in [0.2, 0.25) is 5.91 Å². The number of fused-ring (bicyclic) bond motifs is 3. The van der Waals surface area contributed by atoms with Crippen LogP contribution < -0.4 is 24.2 Å². The van der Waals surface area contributed by atoms with E-state index in [9.17, 15) is 29.4 Å². The van der Waals surface area contributed by atoms with E-state index >= 15 is 0 Å². The molecule has 4 heterocycles. The Morgan fingerprint density at radius 2 is 1.46 bits per heavy atom. The highest BCUT2D eigenvalue weighted by Crippen LogP contribution is 2.49. The topological polar surface area (TPSA) is 140 Å². The quantitative estimate of drug-likeness (QED) is 0.227. The minimum Gasteiger partial charge on any atom is -0.482 e. The fourth-order valence-corrected chi connectivity index (χ4v) is 7.92. The molecule has 12 heteroatoms. The summed E-state index contributed by atoms with van der Waals surface area (Å²) in [5.41, 5.74) is 1.85. The monoisotopic (exact) mass is 728 g/mol. The second kappa shape index (κ2) is 14.1. The van der Waals surface area contributed by atoms with Crippen LogP contribution in [-0.2, 0) is 31.3 Å². The summed E-state index contributed by atoms with van der Waals surface area (Å²) in [4.78, 5) is 60.1. The van der Waals surface area contributed by atoms with Crippen LogP contribution in [0.25, 0.3) is 0 Å². The molecule has 8 rings (SSSR count). The van der Waals surface area contributed by atoms with Crippen LogP contribution in [0.4, 0.5) is 28.4 Å². The van der Waals surface area contributed by atoms with Crippen LogP contribution in [0.1, 0.15) is 37.3 Å². The van der Waals surface area contributed by atoms with Crippen LogP contribution in [0.3, 0.4) is 0 Å². The second-order valence-corrected chi connectivity index (χ2v) is 14.0. The number of aliphatic hydroxyl groups is 2. The molecule has 276 valence electrons. The molecule has 4 aliphatic rings. The first kappa shape index (κ1) is 35.1. The van der Waals surface area contributed by atoms with Gasteiger partial charge in [0.1, 0.15) is 11.5 Å². The van der Waals surface area contributed by atoms with E-state index in [-0.39, 0.29) is 56.5 Å². The molecule has 3 atom stereocenters. The molecule has 4 amide bonds. The van der Waals surface area contributed by atoms with Gasteiger partial charge in [-0.2, -0.15) is 0 Å². The summed E-state index contributed by atoms with van der Waals surface area (Å²) in [6.07, 6.45) is 5.00. The summed E-state index contributed by atoms with van der Waals surface area (Å²) in [5.74, 6) is -0.795. The van der Waals surface area contributed by atoms with Crippen molar-refractivity contribution in [2.45, 2.75) is 44.4 Å². The molecule has 0 unspecified atom stereocenters. The van der Waals surface area contributed by atoms with Crippen LogP contribution in [0, 0.1) is 5.92 Å². The van der Waals surface area contributed by atoms with Gasteiger partial charge in [0, 0.05) is 35.8 Å². The summed E-state index contributed by atoms with van der Waals surface area (Å²) < 4.78 is 11.3. The van der Waals surface area contributed by atoms with Crippen molar-refractivity contribution in [3.8, 4) is 11.5 Å². The average molecular weight is 729 g/mol. The molecule has 1 fully saturated rings. The number of likely N-dealkylation sites (tertiary alicyclic amines) is 1. The maximum atomic E-state index is 14.5. The van der Waals surface area contributed by atoms with E-state index in [0.29, 0.717) is 52.0 Å².